The SMILES string of the molecule is Nc1[nH]c(=O)nc2c1ncn2C1C[C@@H](O)C(COP(=O)(O)OP(=O)(O)OP(=O)(O)OP(=O)(O)OC[C@@H]2C[C@H](O)[C@H](n3cnc4c(N)ncnc43)O2)O1. The number of nitrogen functional groups attached to an aromatic ring is 2. The molecule has 2 aliphatic heterocycles. The lowest BCUT2D eigenvalue weighted by Gasteiger charge is -2.21. The molecule has 4 aromatic heterocycles. The molecule has 0 bridgehead atoms. The summed E-state index contributed by atoms with van der Waals surface area (Å²) in [4.78, 5) is 73.2. The topological polar surface area (TPSA) is 413 Å². The molecular formula is C20H28N10O18P4. The molecule has 4 aromatic rings. The van der Waals surface area contributed by atoms with Crippen LogP contribution in [-0.2, 0) is 49.7 Å². The molecule has 0 amide bonds. The largest absolute Gasteiger partial charge is 0.490 e. The molecule has 2 saturated heterocycles. The number of fused-ring (bicyclic) bond motifs is 2. The van der Waals surface area contributed by atoms with Crippen molar-refractivity contribution in [2.75, 3.05) is 24.7 Å². The van der Waals surface area contributed by atoms with Gasteiger partial charge in [0.25, 0.3) is 0 Å². The van der Waals surface area contributed by atoms with E-state index in [-0.39, 0.29) is 46.8 Å². The Labute approximate surface area is 287 Å². The first-order chi connectivity index (χ1) is 24.2. The van der Waals surface area contributed by atoms with Crippen molar-refractivity contribution in [3.8, 4) is 0 Å². The normalized spacial score (nSPS) is 28.4. The molecule has 2 aliphatic rings. The van der Waals surface area contributed by atoms with Gasteiger partial charge in [-0.15, -0.1) is 0 Å². The summed E-state index contributed by atoms with van der Waals surface area (Å²) >= 11 is 0. The smallest absolute Gasteiger partial charge is 0.390 e. The van der Waals surface area contributed by atoms with Gasteiger partial charge in [0.05, 0.1) is 38.1 Å². The summed E-state index contributed by atoms with van der Waals surface area (Å²) in [5, 5.41) is 20.9. The number of hydrogen-bond donors (Lipinski definition) is 9. The van der Waals surface area contributed by atoms with E-state index in [1.54, 1.807) is 0 Å². The molecule has 6 unspecified atom stereocenters. The van der Waals surface area contributed by atoms with Gasteiger partial charge in [0.15, 0.2) is 23.3 Å². The first-order valence-corrected chi connectivity index (χ1v) is 20.3. The highest BCUT2D eigenvalue weighted by molar-refractivity contribution is 7.69. The zero-order valence-electron chi connectivity index (χ0n) is 25.7. The molecule has 0 radical (unpaired) electrons. The lowest BCUT2D eigenvalue weighted by molar-refractivity contribution is -0.0481. The molecule has 2 fully saturated rings. The highest BCUT2D eigenvalue weighted by atomic mass is 31.3. The molecule has 28 nitrogen and oxygen atoms in total. The van der Waals surface area contributed by atoms with Crippen LogP contribution in [0.1, 0.15) is 25.3 Å². The monoisotopic (exact) mass is 820 g/mol. The number of aromatic amines is 1. The first-order valence-electron chi connectivity index (χ1n) is 14.3. The van der Waals surface area contributed by atoms with Gasteiger partial charge in [0.1, 0.15) is 41.6 Å². The van der Waals surface area contributed by atoms with Crippen molar-refractivity contribution in [1.82, 2.24) is 39.0 Å². The van der Waals surface area contributed by atoms with Gasteiger partial charge in [0.2, 0.25) is 0 Å². The van der Waals surface area contributed by atoms with Crippen molar-refractivity contribution >= 4 is 65.3 Å². The Balaban J connectivity index is 0.992. The molecule has 10 atom stereocenters. The van der Waals surface area contributed by atoms with Crippen LogP contribution in [0.15, 0.2) is 23.8 Å². The van der Waals surface area contributed by atoms with Crippen molar-refractivity contribution in [2.45, 2.75) is 49.7 Å². The van der Waals surface area contributed by atoms with Gasteiger partial charge in [-0.05, 0) is 0 Å². The Hall–Kier alpha value is -3.10. The quantitative estimate of drug-likeness (QED) is 0.0682. The van der Waals surface area contributed by atoms with E-state index in [1.807, 2.05) is 0 Å². The summed E-state index contributed by atoms with van der Waals surface area (Å²) in [7, 11) is -23.5. The van der Waals surface area contributed by atoms with Crippen molar-refractivity contribution in [3.63, 3.8) is 0 Å². The summed E-state index contributed by atoms with van der Waals surface area (Å²) in [5.74, 6) is -0.0402. The third kappa shape index (κ3) is 8.65. The first kappa shape index (κ1) is 38.6. The van der Waals surface area contributed by atoms with Crippen LogP contribution in [0.4, 0.5) is 11.6 Å². The summed E-state index contributed by atoms with van der Waals surface area (Å²) < 4.78 is 84.1. The lowest BCUT2D eigenvalue weighted by Crippen LogP contribution is -2.26. The van der Waals surface area contributed by atoms with E-state index < -0.39 is 87.1 Å². The number of aliphatic hydroxyl groups excluding tert-OH is 2. The van der Waals surface area contributed by atoms with Crippen LogP contribution in [0.2, 0.25) is 0 Å². The van der Waals surface area contributed by atoms with Gasteiger partial charge in [-0.2, -0.15) is 17.9 Å². The number of rotatable bonds is 14. The van der Waals surface area contributed by atoms with Crippen LogP contribution in [0.25, 0.3) is 22.3 Å². The van der Waals surface area contributed by atoms with Crippen LogP contribution in [0, 0.1) is 0 Å². The molecule has 11 N–H and O–H groups in total. The number of nitrogens with zero attached hydrogens (tertiary/aromatic N) is 7. The third-order valence-electron chi connectivity index (χ3n) is 7.26. The van der Waals surface area contributed by atoms with E-state index in [0.717, 1.165) is 6.33 Å². The molecule has 6 heterocycles. The molecule has 6 rings (SSSR count). The van der Waals surface area contributed by atoms with Gasteiger partial charge < -0.3 is 50.7 Å². The second-order valence-electron chi connectivity index (χ2n) is 11.0. The zero-order valence-corrected chi connectivity index (χ0v) is 29.3. The number of imidazole rings is 2. The number of aliphatic hydroxyl groups is 2. The number of anilines is 2. The van der Waals surface area contributed by atoms with Crippen LogP contribution >= 0.6 is 31.3 Å². The van der Waals surface area contributed by atoms with E-state index in [0.29, 0.717) is 0 Å². The van der Waals surface area contributed by atoms with Crippen molar-refractivity contribution in [3.05, 3.63) is 29.5 Å². The van der Waals surface area contributed by atoms with Gasteiger partial charge in [-0.3, -0.25) is 23.2 Å². The number of phosphoric ester groups is 2. The van der Waals surface area contributed by atoms with Gasteiger partial charge >= 0.3 is 37.0 Å². The third-order valence-corrected chi connectivity index (χ3v) is 13.2. The van der Waals surface area contributed by atoms with E-state index in [9.17, 15) is 52.8 Å². The molecule has 0 aliphatic carbocycles. The minimum atomic E-state index is -6.11. The van der Waals surface area contributed by atoms with E-state index in [4.69, 9.17) is 20.9 Å². The summed E-state index contributed by atoms with van der Waals surface area (Å²) in [5.41, 5.74) is 11.2. The highest BCUT2D eigenvalue weighted by Gasteiger charge is 2.47. The number of hydrogen-bond acceptors (Lipinski definition) is 21. The number of nitrogens with two attached hydrogens (primary N) is 2. The van der Waals surface area contributed by atoms with Crippen LogP contribution in [0.3, 0.4) is 0 Å². The fraction of sp³-hybridized carbons (Fsp3) is 0.500. The molecule has 0 saturated carbocycles. The maximum atomic E-state index is 12.4. The van der Waals surface area contributed by atoms with Crippen LogP contribution in [0.5, 0.6) is 0 Å². The maximum absolute atomic E-state index is 12.4. The molecule has 0 spiro atoms. The number of phosphoric acid groups is 4. The van der Waals surface area contributed by atoms with Gasteiger partial charge in [-0.1, -0.05) is 0 Å². The molecule has 32 heteroatoms. The minimum absolute atomic E-state index is 0.0102. The van der Waals surface area contributed by atoms with E-state index >= 15 is 0 Å². The Morgan fingerprint density at radius 3 is 2.10 bits per heavy atom. The van der Waals surface area contributed by atoms with E-state index in [1.165, 1.54) is 21.8 Å². The van der Waals surface area contributed by atoms with Crippen LogP contribution in [-0.4, -0.2) is 106 Å². The zero-order chi connectivity index (χ0) is 37.8. The van der Waals surface area contributed by atoms with Gasteiger partial charge in [-0.25, -0.2) is 43.0 Å². The Kier molecular flexibility index (Phi) is 10.6. The second kappa shape index (κ2) is 14.3. The predicted molar refractivity (Wildman–Crippen MR) is 166 cm³/mol. The summed E-state index contributed by atoms with van der Waals surface area (Å²) in [6.45, 7) is -1.81. The number of ether oxygens (including phenoxy) is 2. The van der Waals surface area contributed by atoms with Crippen molar-refractivity contribution in [1.29, 1.82) is 0 Å². The van der Waals surface area contributed by atoms with Crippen LogP contribution < -0.4 is 17.2 Å². The van der Waals surface area contributed by atoms with E-state index in [2.05, 4.69) is 51.9 Å². The number of H-pyrrole nitrogens is 1. The average Bonchev–Trinajstić information content (AvgIpc) is 3.78. The van der Waals surface area contributed by atoms with Crippen molar-refractivity contribution < 1.29 is 79.5 Å². The Bertz CT molecular complexity index is 2230. The average molecular weight is 820 g/mol. The van der Waals surface area contributed by atoms with Gasteiger partial charge in [0, 0.05) is 12.8 Å². The number of nitrogens with one attached hydrogen (secondary N) is 1. The second-order valence-corrected chi connectivity index (χ2v) is 17.2. The fourth-order valence-electron chi connectivity index (χ4n) is 5.16. The number of aromatic nitrogens is 8. The maximum Gasteiger partial charge on any atom is 0.490 e. The molecule has 52 heavy (non-hydrogen) atoms. The Morgan fingerprint density at radius 2 is 1.40 bits per heavy atom. The molecular weight excluding hydrogens is 792 g/mol. The molecule has 286 valence electrons. The highest BCUT2D eigenvalue weighted by Crippen LogP contribution is 2.71. The minimum Gasteiger partial charge on any atom is -0.390 e. The molecule has 0 aromatic carbocycles. The standard InChI is InChI=1S/C20H28N10O18P4/c21-15-13-17(24-5-23-15)30(7-26-13)19-10(32)1-8(44-19)3-42-49(34,35)46-51(38,39)48-52(40,41)47-50(36,37)43-4-11-9(31)2-12(45-11)29-6-25-14-16(22)27-20(33)28-18(14)29/h5-12,19,31-32H,1-4H2,(H,34,35)(H,36,37)(H,38,39)(H,40,41)(H2,21,23,24)(H3,22,27,28,33)/t8-,9+,10-,11?,12?,19+/m0/s1. The van der Waals surface area contributed by atoms with Crippen molar-refractivity contribution in [2.24, 2.45) is 0 Å². The summed E-state index contributed by atoms with van der Waals surface area (Å²) in [6, 6.07) is 0. The fourth-order valence-corrected chi connectivity index (χ4v) is 10.1. The lowest BCUT2D eigenvalue weighted by atomic mass is 10.2. The summed E-state index contributed by atoms with van der Waals surface area (Å²) in [6.07, 6.45) is -4.06. The predicted octanol–water partition coefficient (Wildman–Crippen LogP) is -1.09. The Morgan fingerprint density at radius 1 is 0.788 bits per heavy atom.